The van der Waals surface area contributed by atoms with Gasteiger partial charge in [0.1, 0.15) is 5.76 Å². The molecule has 2 bridgehead atoms. The van der Waals surface area contributed by atoms with Crippen LogP contribution >= 0.6 is 0 Å². The largest absolute Gasteiger partial charge is 0.455 e. The van der Waals surface area contributed by atoms with Gasteiger partial charge in [0.2, 0.25) is 0 Å². The molecule has 144 valence electrons. The van der Waals surface area contributed by atoms with Crippen LogP contribution in [0, 0.1) is 11.8 Å². The highest BCUT2D eigenvalue weighted by Gasteiger charge is 2.36. The van der Waals surface area contributed by atoms with E-state index in [4.69, 9.17) is 9.15 Å². The predicted octanol–water partition coefficient (Wildman–Crippen LogP) is 1.91. The molecule has 3 aliphatic rings. The number of hydrogen-bond acceptors (Lipinski definition) is 5. The van der Waals surface area contributed by atoms with Crippen LogP contribution in [0.25, 0.3) is 0 Å². The van der Waals surface area contributed by atoms with Gasteiger partial charge in [0, 0.05) is 25.6 Å². The first-order chi connectivity index (χ1) is 12.6. The molecule has 4 heterocycles. The van der Waals surface area contributed by atoms with Crippen molar-refractivity contribution in [3.05, 3.63) is 23.7 Å². The molecule has 6 heteroatoms. The molecule has 0 aliphatic carbocycles. The van der Waals surface area contributed by atoms with Gasteiger partial charge < -0.3 is 19.0 Å². The fourth-order valence-electron chi connectivity index (χ4n) is 4.49. The van der Waals surface area contributed by atoms with E-state index in [-0.39, 0.29) is 11.9 Å². The SMILES string of the molecule is CC1CCN(Cc2ccc(C(=O)N3C[C@H]4COC[C@@H]3CN(C)C4)o2)CC1. The number of piperidine rings is 1. The highest BCUT2D eigenvalue weighted by atomic mass is 16.5. The van der Waals surface area contributed by atoms with Crippen LogP contribution in [0.4, 0.5) is 0 Å². The van der Waals surface area contributed by atoms with E-state index in [2.05, 4.69) is 23.8 Å². The Balaban J connectivity index is 1.42. The lowest BCUT2D eigenvalue weighted by Crippen LogP contribution is -2.45. The van der Waals surface area contributed by atoms with E-state index in [0.717, 1.165) is 57.6 Å². The van der Waals surface area contributed by atoms with Crippen LogP contribution in [-0.4, -0.2) is 79.6 Å². The number of amides is 1. The Morgan fingerprint density at radius 2 is 1.96 bits per heavy atom. The minimum atomic E-state index is 0.0133. The zero-order valence-corrected chi connectivity index (χ0v) is 16.0. The fraction of sp³-hybridized carbons (Fsp3) is 0.750. The van der Waals surface area contributed by atoms with Crippen molar-refractivity contribution in [2.24, 2.45) is 11.8 Å². The summed E-state index contributed by atoms with van der Waals surface area (Å²) < 4.78 is 11.7. The number of fused-ring (bicyclic) bond motifs is 3. The molecule has 1 aromatic heterocycles. The van der Waals surface area contributed by atoms with Crippen molar-refractivity contribution in [3.63, 3.8) is 0 Å². The molecular formula is C20H31N3O3. The average Bonchev–Trinajstić information content (AvgIpc) is 2.90. The Morgan fingerprint density at radius 1 is 1.15 bits per heavy atom. The van der Waals surface area contributed by atoms with Crippen LogP contribution < -0.4 is 0 Å². The van der Waals surface area contributed by atoms with Crippen molar-refractivity contribution < 1.29 is 13.9 Å². The number of ether oxygens (including phenoxy) is 1. The van der Waals surface area contributed by atoms with Gasteiger partial charge in [-0.25, -0.2) is 0 Å². The van der Waals surface area contributed by atoms with Crippen LogP contribution in [0.2, 0.25) is 0 Å². The standard InChI is InChI=1S/C20H31N3O3/c1-15-5-7-22(8-6-15)12-18-3-4-19(26-18)20(24)23-10-16-9-21(2)11-17(23)14-25-13-16/h3-4,15-17H,5-14H2,1-2H3/t16-,17-/m0/s1. The molecular weight excluding hydrogens is 330 g/mol. The van der Waals surface area contributed by atoms with Gasteiger partial charge in [-0.1, -0.05) is 6.92 Å². The number of carbonyl (C=O) groups is 1. The van der Waals surface area contributed by atoms with Crippen molar-refractivity contribution in [1.29, 1.82) is 0 Å². The molecule has 3 saturated heterocycles. The minimum absolute atomic E-state index is 0.0133. The molecule has 3 aliphatic heterocycles. The third-order valence-corrected chi connectivity index (χ3v) is 6.04. The second-order valence-electron chi connectivity index (χ2n) is 8.46. The third kappa shape index (κ3) is 3.97. The molecule has 1 aromatic rings. The smallest absolute Gasteiger partial charge is 0.289 e. The maximum absolute atomic E-state index is 13.1. The summed E-state index contributed by atoms with van der Waals surface area (Å²) in [4.78, 5) is 19.8. The van der Waals surface area contributed by atoms with E-state index >= 15 is 0 Å². The summed E-state index contributed by atoms with van der Waals surface area (Å²) >= 11 is 0. The zero-order valence-electron chi connectivity index (χ0n) is 16.0. The summed E-state index contributed by atoms with van der Waals surface area (Å²) in [6.45, 7) is 9.31. The number of carbonyl (C=O) groups excluding carboxylic acids is 1. The van der Waals surface area contributed by atoms with E-state index in [1.54, 1.807) is 0 Å². The molecule has 0 unspecified atom stereocenters. The van der Waals surface area contributed by atoms with Crippen LogP contribution in [0.3, 0.4) is 0 Å². The molecule has 0 spiro atoms. The summed E-state index contributed by atoms with van der Waals surface area (Å²) in [6, 6.07) is 3.93. The van der Waals surface area contributed by atoms with Gasteiger partial charge in [0.15, 0.2) is 5.76 Å². The van der Waals surface area contributed by atoms with E-state index in [1.165, 1.54) is 12.8 Å². The van der Waals surface area contributed by atoms with Crippen molar-refractivity contribution >= 4 is 5.91 Å². The number of likely N-dealkylation sites (N-methyl/N-ethyl adjacent to an activating group) is 1. The van der Waals surface area contributed by atoms with Crippen LogP contribution in [0.1, 0.15) is 36.1 Å². The van der Waals surface area contributed by atoms with Crippen LogP contribution in [0.5, 0.6) is 0 Å². The number of rotatable bonds is 3. The molecule has 2 atom stereocenters. The van der Waals surface area contributed by atoms with E-state index in [0.29, 0.717) is 18.3 Å². The molecule has 3 fully saturated rings. The number of likely N-dealkylation sites (tertiary alicyclic amines) is 1. The molecule has 6 nitrogen and oxygen atoms in total. The molecule has 0 radical (unpaired) electrons. The lowest BCUT2D eigenvalue weighted by molar-refractivity contribution is 0.0464. The first-order valence-electron chi connectivity index (χ1n) is 9.97. The summed E-state index contributed by atoms with van der Waals surface area (Å²) in [5.41, 5.74) is 0. The first-order valence-corrected chi connectivity index (χ1v) is 9.97. The van der Waals surface area contributed by atoms with Gasteiger partial charge in [-0.05, 0) is 51.0 Å². The number of furan rings is 1. The molecule has 0 saturated carbocycles. The Bertz CT molecular complexity index is 624. The van der Waals surface area contributed by atoms with E-state index in [1.807, 2.05) is 17.0 Å². The van der Waals surface area contributed by atoms with Crippen molar-refractivity contribution in [2.75, 3.05) is 53.0 Å². The molecule has 0 N–H and O–H groups in total. The van der Waals surface area contributed by atoms with Gasteiger partial charge in [-0.2, -0.15) is 0 Å². The normalized spacial score (nSPS) is 28.9. The molecule has 26 heavy (non-hydrogen) atoms. The van der Waals surface area contributed by atoms with Crippen molar-refractivity contribution in [1.82, 2.24) is 14.7 Å². The highest BCUT2D eigenvalue weighted by Crippen LogP contribution is 2.23. The summed E-state index contributed by atoms with van der Waals surface area (Å²) in [5, 5.41) is 0. The maximum Gasteiger partial charge on any atom is 0.289 e. The first kappa shape index (κ1) is 18.0. The monoisotopic (exact) mass is 361 g/mol. The van der Waals surface area contributed by atoms with Gasteiger partial charge in [0.05, 0.1) is 25.8 Å². The van der Waals surface area contributed by atoms with Crippen LogP contribution in [-0.2, 0) is 11.3 Å². The maximum atomic E-state index is 13.1. The van der Waals surface area contributed by atoms with Gasteiger partial charge in [-0.15, -0.1) is 0 Å². The number of hydrogen-bond donors (Lipinski definition) is 0. The number of nitrogens with zero attached hydrogens (tertiary/aromatic N) is 3. The summed E-state index contributed by atoms with van der Waals surface area (Å²) in [6.07, 6.45) is 2.49. The second kappa shape index (κ2) is 7.71. The highest BCUT2D eigenvalue weighted by molar-refractivity contribution is 5.91. The Morgan fingerprint density at radius 3 is 2.77 bits per heavy atom. The Labute approximate surface area is 156 Å². The van der Waals surface area contributed by atoms with Crippen LogP contribution in [0.15, 0.2) is 16.5 Å². The minimum Gasteiger partial charge on any atom is -0.455 e. The van der Waals surface area contributed by atoms with E-state index in [9.17, 15) is 4.79 Å². The molecule has 0 aromatic carbocycles. The topological polar surface area (TPSA) is 49.2 Å². The fourth-order valence-corrected chi connectivity index (χ4v) is 4.49. The Hall–Kier alpha value is -1.37. The molecule has 4 rings (SSSR count). The zero-order chi connectivity index (χ0) is 18.1. The lowest BCUT2D eigenvalue weighted by atomic mass is 9.99. The summed E-state index contributed by atoms with van der Waals surface area (Å²) in [5.74, 6) is 2.58. The summed E-state index contributed by atoms with van der Waals surface area (Å²) in [7, 11) is 2.13. The predicted molar refractivity (Wildman–Crippen MR) is 99.0 cm³/mol. The Kier molecular flexibility index (Phi) is 5.34. The molecule has 1 amide bonds. The second-order valence-corrected chi connectivity index (χ2v) is 8.46. The van der Waals surface area contributed by atoms with E-state index < -0.39 is 0 Å². The van der Waals surface area contributed by atoms with Crippen molar-refractivity contribution in [3.8, 4) is 0 Å². The van der Waals surface area contributed by atoms with Gasteiger partial charge >= 0.3 is 0 Å². The van der Waals surface area contributed by atoms with Gasteiger partial charge in [0.25, 0.3) is 5.91 Å². The van der Waals surface area contributed by atoms with Crippen molar-refractivity contribution in [2.45, 2.75) is 32.4 Å². The average molecular weight is 361 g/mol. The van der Waals surface area contributed by atoms with Gasteiger partial charge in [-0.3, -0.25) is 9.69 Å². The lowest BCUT2D eigenvalue weighted by Gasteiger charge is -2.29. The quantitative estimate of drug-likeness (QED) is 0.823. The third-order valence-electron chi connectivity index (χ3n) is 6.04.